The second-order valence-electron chi connectivity index (χ2n) is 5.11. The summed E-state index contributed by atoms with van der Waals surface area (Å²) < 4.78 is 5.34. The number of ether oxygens (including phenoxy) is 1. The number of fused-ring (bicyclic) bond motifs is 1. The van der Waals surface area contributed by atoms with Crippen molar-refractivity contribution in [1.29, 1.82) is 0 Å². The molecule has 0 atom stereocenters. The Kier molecular flexibility index (Phi) is 3.31. The number of carbonyl (C=O) groups is 2. The summed E-state index contributed by atoms with van der Waals surface area (Å²) in [6, 6.07) is 5.27. The Labute approximate surface area is 117 Å². The van der Waals surface area contributed by atoms with Gasteiger partial charge in [0.25, 0.3) is 11.8 Å². The van der Waals surface area contributed by atoms with E-state index in [0.29, 0.717) is 30.1 Å². The lowest BCUT2D eigenvalue weighted by Crippen LogP contribution is -2.47. The smallest absolute Gasteiger partial charge is 0.262 e. The predicted molar refractivity (Wildman–Crippen MR) is 74.0 cm³/mol. The summed E-state index contributed by atoms with van der Waals surface area (Å²) in [5.41, 5.74) is 0.993. The van der Waals surface area contributed by atoms with Gasteiger partial charge in [0.05, 0.1) is 11.3 Å². The monoisotopic (exact) mass is 275 g/mol. The molecule has 0 aliphatic carbocycles. The van der Waals surface area contributed by atoms with Crippen molar-refractivity contribution in [3.8, 4) is 5.75 Å². The fraction of sp³-hybridized carbons (Fsp3) is 0.429. The number of piperazine rings is 1. The number of nitrogens with zero attached hydrogens (tertiary/aromatic N) is 2. The molecule has 2 aliphatic heterocycles. The number of rotatable bonds is 1. The molecule has 2 heterocycles. The van der Waals surface area contributed by atoms with Crippen LogP contribution in [-0.4, -0.2) is 61.4 Å². The summed E-state index contributed by atoms with van der Waals surface area (Å²) in [6.45, 7) is 3.13. The van der Waals surface area contributed by atoms with E-state index in [0.717, 1.165) is 13.1 Å². The third-order valence-corrected chi connectivity index (χ3v) is 3.67. The third kappa shape index (κ3) is 2.34. The molecule has 3 rings (SSSR count). The van der Waals surface area contributed by atoms with Crippen molar-refractivity contribution in [1.82, 2.24) is 9.80 Å². The van der Waals surface area contributed by atoms with Crippen LogP contribution in [0.15, 0.2) is 18.2 Å². The largest absolute Gasteiger partial charge is 0.482 e. The molecule has 0 aromatic heterocycles. The van der Waals surface area contributed by atoms with Gasteiger partial charge >= 0.3 is 0 Å². The van der Waals surface area contributed by atoms with Gasteiger partial charge in [-0.15, -0.1) is 0 Å². The zero-order valence-electron chi connectivity index (χ0n) is 11.4. The molecule has 2 amide bonds. The molecule has 0 bridgehead atoms. The third-order valence-electron chi connectivity index (χ3n) is 3.67. The molecule has 1 saturated heterocycles. The molecule has 0 unspecified atom stereocenters. The highest BCUT2D eigenvalue weighted by Gasteiger charge is 2.26. The van der Waals surface area contributed by atoms with E-state index >= 15 is 0 Å². The number of likely N-dealkylation sites (N-methyl/N-ethyl adjacent to an activating group) is 1. The van der Waals surface area contributed by atoms with Crippen LogP contribution in [0.25, 0.3) is 0 Å². The first-order chi connectivity index (χ1) is 9.65. The molecule has 106 valence electrons. The molecule has 20 heavy (non-hydrogen) atoms. The van der Waals surface area contributed by atoms with Crippen LogP contribution in [-0.2, 0) is 4.79 Å². The van der Waals surface area contributed by atoms with Gasteiger partial charge in [0, 0.05) is 26.2 Å². The summed E-state index contributed by atoms with van der Waals surface area (Å²) in [5, 5.41) is 2.74. The van der Waals surface area contributed by atoms with E-state index < -0.39 is 0 Å². The number of nitrogens with one attached hydrogen (secondary N) is 1. The standard InChI is InChI=1S/C14H17N3O3/c1-16-5-7-17(8-6-16)14(19)10-3-2-4-11-13(10)15-12(18)9-20-11/h2-4H,5-9H2,1H3,(H,15,18). The molecule has 0 radical (unpaired) electrons. The van der Waals surface area contributed by atoms with Crippen LogP contribution in [0.4, 0.5) is 5.69 Å². The van der Waals surface area contributed by atoms with Gasteiger partial charge in [0.15, 0.2) is 6.61 Å². The molecule has 0 spiro atoms. The first kappa shape index (κ1) is 12.9. The van der Waals surface area contributed by atoms with Crippen LogP contribution in [0, 0.1) is 0 Å². The van der Waals surface area contributed by atoms with Crippen molar-refractivity contribution in [2.24, 2.45) is 0 Å². The zero-order valence-corrected chi connectivity index (χ0v) is 11.4. The highest BCUT2D eigenvalue weighted by atomic mass is 16.5. The average Bonchev–Trinajstić information content (AvgIpc) is 2.46. The molecular formula is C14H17N3O3. The second-order valence-corrected chi connectivity index (χ2v) is 5.11. The maximum absolute atomic E-state index is 12.6. The number of anilines is 1. The molecule has 6 nitrogen and oxygen atoms in total. The SMILES string of the molecule is CN1CCN(C(=O)c2cccc3c2NC(=O)CO3)CC1. The minimum atomic E-state index is -0.226. The van der Waals surface area contributed by atoms with E-state index in [1.165, 1.54) is 0 Å². The Morgan fingerprint density at radius 1 is 1.25 bits per heavy atom. The molecule has 1 N–H and O–H groups in total. The minimum absolute atomic E-state index is 0.000840. The van der Waals surface area contributed by atoms with E-state index in [-0.39, 0.29) is 18.4 Å². The van der Waals surface area contributed by atoms with Gasteiger partial charge in [-0.05, 0) is 19.2 Å². The van der Waals surface area contributed by atoms with Gasteiger partial charge in [-0.1, -0.05) is 6.07 Å². The Bertz CT molecular complexity index is 551. The normalized spacial score (nSPS) is 19.1. The lowest BCUT2D eigenvalue weighted by molar-refractivity contribution is -0.118. The first-order valence-electron chi connectivity index (χ1n) is 6.68. The minimum Gasteiger partial charge on any atom is -0.482 e. The van der Waals surface area contributed by atoms with Crippen LogP contribution < -0.4 is 10.1 Å². The molecular weight excluding hydrogens is 258 g/mol. The maximum atomic E-state index is 12.6. The van der Waals surface area contributed by atoms with Gasteiger partial charge in [-0.2, -0.15) is 0 Å². The number of hydrogen-bond donors (Lipinski definition) is 1. The fourth-order valence-electron chi connectivity index (χ4n) is 2.46. The quantitative estimate of drug-likeness (QED) is 0.806. The molecule has 1 aromatic rings. The summed E-state index contributed by atoms with van der Waals surface area (Å²) in [7, 11) is 2.04. The number of carbonyl (C=O) groups excluding carboxylic acids is 2. The highest BCUT2D eigenvalue weighted by Crippen LogP contribution is 2.32. The fourth-order valence-corrected chi connectivity index (χ4v) is 2.46. The van der Waals surface area contributed by atoms with Crippen molar-refractivity contribution < 1.29 is 14.3 Å². The molecule has 1 aromatic carbocycles. The lowest BCUT2D eigenvalue weighted by Gasteiger charge is -2.33. The summed E-state index contributed by atoms with van der Waals surface area (Å²) in [6.07, 6.45) is 0. The highest BCUT2D eigenvalue weighted by molar-refractivity contribution is 6.06. The van der Waals surface area contributed by atoms with E-state index in [4.69, 9.17) is 4.74 Å². The van der Waals surface area contributed by atoms with Gasteiger partial charge in [-0.3, -0.25) is 9.59 Å². The maximum Gasteiger partial charge on any atom is 0.262 e. The topological polar surface area (TPSA) is 61.9 Å². The summed E-state index contributed by atoms with van der Waals surface area (Å²) >= 11 is 0. The average molecular weight is 275 g/mol. The van der Waals surface area contributed by atoms with Crippen molar-refractivity contribution in [2.75, 3.05) is 45.2 Å². The Hall–Kier alpha value is -2.08. The Morgan fingerprint density at radius 3 is 2.75 bits per heavy atom. The molecule has 6 heteroatoms. The van der Waals surface area contributed by atoms with Gasteiger partial charge in [0.1, 0.15) is 5.75 Å². The van der Waals surface area contributed by atoms with Crippen LogP contribution in [0.5, 0.6) is 5.75 Å². The van der Waals surface area contributed by atoms with Crippen molar-refractivity contribution in [2.45, 2.75) is 0 Å². The Balaban J connectivity index is 1.87. The summed E-state index contributed by atoms with van der Waals surface area (Å²) in [5.74, 6) is 0.279. The van der Waals surface area contributed by atoms with Gasteiger partial charge in [-0.25, -0.2) is 0 Å². The van der Waals surface area contributed by atoms with Gasteiger partial charge < -0.3 is 19.9 Å². The van der Waals surface area contributed by atoms with E-state index in [1.54, 1.807) is 18.2 Å². The number of amides is 2. The summed E-state index contributed by atoms with van der Waals surface area (Å²) in [4.78, 5) is 28.0. The van der Waals surface area contributed by atoms with Crippen LogP contribution in [0.3, 0.4) is 0 Å². The Morgan fingerprint density at radius 2 is 2.00 bits per heavy atom. The van der Waals surface area contributed by atoms with Crippen molar-refractivity contribution >= 4 is 17.5 Å². The number of benzene rings is 1. The zero-order chi connectivity index (χ0) is 14.1. The first-order valence-corrected chi connectivity index (χ1v) is 6.68. The van der Waals surface area contributed by atoms with Crippen LogP contribution >= 0.6 is 0 Å². The van der Waals surface area contributed by atoms with E-state index in [2.05, 4.69) is 10.2 Å². The van der Waals surface area contributed by atoms with Gasteiger partial charge in [0.2, 0.25) is 0 Å². The molecule has 1 fully saturated rings. The van der Waals surface area contributed by atoms with Crippen molar-refractivity contribution in [3.63, 3.8) is 0 Å². The predicted octanol–water partition coefficient (Wildman–Crippen LogP) is 0.405. The van der Waals surface area contributed by atoms with Crippen molar-refractivity contribution in [3.05, 3.63) is 23.8 Å². The molecule has 2 aliphatic rings. The van der Waals surface area contributed by atoms with E-state index in [9.17, 15) is 9.59 Å². The van der Waals surface area contributed by atoms with Crippen LogP contribution in [0.2, 0.25) is 0 Å². The number of hydrogen-bond acceptors (Lipinski definition) is 4. The molecule has 0 saturated carbocycles. The lowest BCUT2D eigenvalue weighted by atomic mass is 10.1. The second kappa shape index (κ2) is 5.13. The van der Waals surface area contributed by atoms with E-state index in [1.807, 2.05) is 11.9 Å². The van der Waals surface area contributed by atoms with Crippen LogP contribution in [0.1, 0.15) is 10.4 Å². The number of para-hydroxylation sites is 1.